The van der Waals surface area contributed by atoms with Crippen molar-refractivity contribution in [1.29, 1.82) is 5.41 Å². The molecule has 0 aliphatic heterocycles. The van der Waals surface area contributed by atoms with E-state index in [1.54, 1.807) is 12.1 Å². The number of benzene rings is 2. The van der Waals surface area contributed by atoms with Crippen molar-refractivity contribution in [2.24, 2.45) is 0 Å². The molecule has 0 unspecified atom stereocenters. The number of hydrogen-bond donors (Lipinski definition) is 3. The summed E-state index contributed by atoms with van der Waals surface area (Å²) in [6.07, 6.45) is -5.22. The van der Waals surface area contributed by atoms with Gasteiger partial charge in [0.2, 0.25) is 0 Å². The number of carboxylic acid groups (broad SMARTS) is 1. The molecule has 0 aliphatic carbocycles. The fraction of sp³-hybridized carbons (Fsp3) is 0.222. The molecular formula is C18H15Cl2F3N2O3. The molecule has 0 heterocycles. The largest absolute Gasteiger partial charge is 0.573 e. The number of anilines is 1. The van der Waals surface area contributed by atoms with Crippen LogP contribution in [-0.4, -0.2) is 23.1 Å². The van der Waals surface area contributed by atoms with Crippen LogP contribution in [0.2, 0.25) is 10.0 Å². The van der Waals surface area contributed by atoms with Gasteiger partial charge in [-0.3, -0.25) is 4.79 Å². The highest BCUT2D eigenvalue weighted by Gasteiger charge is 2.31. The first-order chi connectivity index (χ1) is 13.0. The Balaban J connectivity index is 2.28. The molecular weight excluding hydrogens is 420 g/mol. The van der Waals surface area contributed by atoms with Crippen molar-refractivity contribution in [2.75, 3.05) is 5.32 Å². The number of alkyl halides is 3. The number of rotatable bonds is 8. The number of ether oxygens (including phenoxy) is 1. The zero-order valence-electron chi connectivity index (χ0n) is 14.2. The number of halogens is 5. The molecule has 5 nitrogen and oxygen atoms in total. The first kappa shape index (κ1) is 21.8. The van der Waals surface area contributed by atoms with Crippen molar-refractivity contribution in [3.05, 3.63) is 57.6 Å². The van der Waals surface area contributed by atoms with Crippen LogP contribution < -0.4 is 10.1 Å². The summed E-state index contributed by atoms with van der Waals surface area (Å²) in [5, 5.41) is 20.6. The fourth-order valence-corrected chi connectivity index (χ4v) is 2.83. The van der Waals surface area contributed by atoms with E-state index in [0.717, 1.165) is 12.1 Å². The van der Waals surface area contributed by atoms with Crippen LogP contribution in [0.15, 0.2) is 36.4 Å². The third-order valence-electron chi connectivity index (χ3n) is 3.62. The maximum atomic E-state index is 12.5. The molecule has 0 aliphatic rings. The second-order valence-electron chi connectivity index (χ2n) is 5.72. The molecule has 0 radical (unpaired) electrons. The molecule has 2 rings (SSSR count). The summed E-state index contributed by atoms with van der Waals surface area (Å²) < 4.78 is 41.4. The summed E-state index contributed by atoms with van der Waals surface area (Å²) >= 11 is 11.9. The van der Waals surface area contributed by atoms with Gasteiger partial charge in [0.15, 0.2) is 0 Å². The Labute approximate surface area is 168 Å². The predicted octanol–water partition coefficient (Wildman–Crippen LogP) is 5.74. The van der Waals surface area contributed by atoms with Gasteiger partial charge < -0.3 is 20.6 Å². The fourth-order valence-electron chi connectivity index (χ4n) is 2.35. The van der Waals surface area contributed by atoms with Crippen LogP contribution in [0.25, 0.3) is 0 Å². The van der Waals surface area contributed by atoms with Crippen molar-refractivity contribution >= 4 is 40.6 Å². The molecule has 0 saturated carbocycles. The highest BCUT2D eigenvalue weighted by atomic mass is 35.5. The zero-order valence-corrected chi connectivity index (χ0v) is 15.8. The maximum absolute atomic E-state index is 12.5. The Morgan fingerprint density at radius 2 is 1.86 bits per heavy atom. The average Bonchev–Trinajstić information content (AvgIpc) is 2.57. The summed E-state index contributed by atoms with van der Waals surface area (Å²) in [6.45, 7) is 0.144. The quantitative estimate of drug-likeness (QED) is 0.462. The highest BCUT2D eigenvalue weighted by Crippen LogP contribution is 2.30. The topological polar surface area (TPSA) is 82.4 Å². The standard InChI is InChI=1S/C18H15Cl2F3N2O3/c19-11-2-1-10(14(20)7-11)9-25-16-8-12(28-18(21,22)23)3-4-13(16)15(24)5-6-17(26)27/h1-4,7-8,24-25H,5-6,9H2,(H,26,27). The second-order valence-corrected chi connectivity index (χ2v) is 6.56. The van der Waals surface area contributed by atoms with Crippen molar-refractivity contribution < 1.29 is 27.8 Å². The third kappa shape index (κ3) is 6.61. The summed E-state index contributed by atoms with van der Waals surface area (Å²) in [4.78, 5) is 10.7. The van der Waals surface area contributed by atoms with E-state index in [4.69, 9.17) is 33.7 Å². The second kappa shape index (κ2) is 9.16. The molecule has 2 aromatic rings. The van der Waals surface area contributed by atoms with Gasteiger partial charge in [-0.1, -0.05) is 29.3 Å². The van der Waals surface area contributed by atoms with E-state index in [1.165, 1.54) is 12.1 Å². The van der Waals surface area contributed by atoms with Gasteiger partial charge in [-0.25, -0.2) is 0 Å². The van der Waals surface area contributed by atoms with Crippen molar-refractivity contribution in [1.82, 2.24) is 0 Å². The highest BCUT2D eigenvalue weighted by molar-refractivity contribution is 6.35. The molecule has 28 heavy (non-hydrogen) atoms. The SMILES string of the molecule is N=C(CCC(=O)O)c1ccc(OC(F)(F)F)cc1NCc1ccc(Cl)cc1Cl. The average molecular weight is 435 g/mol. The lowest BCUT2D eigenvalue weighted by Crippen LogP contribution is -2.17. The van der Waals surface area contributed by atoms with E-state index in [-0.39, 0.29) is 36.3 Å². The Kier molecular flexibility index (Phi) is 7.15. The van der Waals surface area contributed by atoms with E-state index < -0.39 is 18.1 Å². The molecule has 0 fully saturated rings. The van der Waals surface area contributed by atoms with Crippen molar-refractivity contribution in [3.8, 4) is 5.75 Å². The van der Waals surface area contributed by atoms with E-state index in [2.05, 4.69) is 10.1 Å². The van der Waals surface area contributed by atoms with Gasteiger partial charge in [0.1, 0.15) is 5.75 Å². The van der Waals surface area contributed by atoms with Gasteiger partial charge in [-0.05, 0) is 29.8 Å². The minimum Gasteiger partial charge on any atom is -0.481 e. The van der Waals surface area contributed by atoms with Crippen LogP contribution >= 0.6 is 23.2 Å². The molecule has 0 bridgehead atoms. The van der Waals surface area contributed by atoms with E-state index >= 15 is 0 Å². The van der Waals surface area contributed by atoms with E-state index in [1.807, 2.05) is 0 Å². The van der Waals surface area contributed by atoms with Crippen LogP contribution in [-0.2, 0) is 11.3 Å². The number of nitrogens with one attached hydrogen (secondary N) is 2. The number of hydrogen-bond acceptors (Lipinski definition) is 4. The minimum atomic E-state index is -4.87. The predicted molar refractivity (Wildman–Crippen MR) is 101 cm³/mol. The van der Waals surface area contributed by atoms with Crippen LogP contribution in [0.3, 0.4) is 0 Å². The normalized spacial score (nSPS) is 11.2. The van der Waals surface area contributed by atoms with Gasteiger partial charge in [-0.15, -0.1) is 13.2 Å². The Morgan fingerprint density at radius 3 is 2.46 bits per heavy atom. The number of carbonyl (C=O) groups is 1. The summed E-state index contributed by atoms with van der Waals surface area (Å²) in [7, 11) is 0. The Bertz CT molecular complexity index is 889. The van der Waals surface area contributed by atoms with E-state index in [0.29, 0.717) is 15.6 Å². The Morgan fingerprint density at radius 1 is 1.14 bits per heavy atom. The molecule has 0 saturated heterocycles. The minimum absolute atomic E-state index is 0.0364. The number of aliphatic carboxylic acids is 1. The van der Waals surface area contributed by atoms with Gasteiger partial charge in [0.25, 0.3) is 0 Å². The molecule has 3 N–H and O–H groups in total. The monoisotopic (exact) mass is 434 g/mol. The van der Waals surface area contributed by atoms with Gasteiger partial charge in [0, 0.05) is 46.0 Å². The molecule has 0 amide bonds. The summed E-state index contributed by atoms with van der Waals surface area (Å²) in [6, 6.07) is 8.24. The van der Waals surface area contributed by atoms with Gasteiger partial charge in [-0.2, -0.15) is 0 Å². The molecule has 0 atom stereocenters. The van der Waals surface area contributed by atoms with Crippen LogP contribution in [0, 0.1) is 5.41 Å². The first-order valence-electron chi connectivity index (χ1n) is 7.92. The third-order valence-corrected chi connectivity index (χ3v) is 4.21. The summed E-state index contributed by atoms with van der Waals surface area (Å²) in [5.41, 5.74) is 1.05. The summed E-state index contributed by atoms with van der Waals surface area (Å²) in [5.74, 6) is -1.55. The maximum Gasteiger partial charge on any atom is 0.573 e. The van der Waals surface area contributed by atoms with Gasteiger partial charge >= 0.3 is 12.3 Å². The van der Waals surface area contributed by atoms with Crippen LogP contribution in [0.5, 0.6) is 5.75 Å². The molecule has 150 valence electrons. The lowest BCUT2D eigenvalue weighted by molar-refractivity contribution is -0.274. The lowest BCUT2D eigenvalue weighted by atomic mass is 10.0. The smallest absolute Gasteiger partial charge is 0.481 e. The molecule has 2 aromatic carbocycles. The van der Waals surface area contributed by atoms with Gasteiger partial charge in [0.05, 0.1) is 6.42 Å². The van der Waals surface area contributed by atoms with Crippen LogP contribution in [0.1, 0.15) is 24.0 Å². The molecule has 10 heteroatoms. The van der Waals surface area contributed by atoms with E-state index in [9.17, 15) is 18.0 Å². The lowest BCUT2D eigenvalue weighted by Gasteiger charge is -2.16. The zero-order chi connectivity index (χ0) is 20.9. The molecule has 0 aromatic heterocycles. The number of carboxylic acids is 1. The van der Waals surface area contributed by atoms with Crippen molar-refractivity contribution in [2.45, 2.75) is 25.7 Å². The first-order valence-corrected chi connectivity index (χ1v) is 8.68. The Hall–Kier alpha value is -2.45. The van der Waals surface area contributed by atoms with Crippen molar-refractivity contribution in [3.63, 3.8) is 0 Å². The van der Waals surface area contributed by atoms with Crippen LogP contribution in [0.4, 0.5) is 18.9 Å². The molecule has 0 spiro atoms.